The van der Waals surface area contributed by atoms with Crippen molar-refractivity contribution in [1.29, 1.82) is 0 Å². The van der Waals surface area contributed by atoms with Crippen LogP contribution in [0.15, 0.2) is 35.3 Å². The van der Waals surface area contributed by atoms with Gasteiger partial charge in [0.1, 0.15) is 17.1 Å². The van der Waals surface area contributed by atoms with E-state index in [0.29, 0.717) is 25.0 Å². The van der Waals surface area contributed by atoms with Gasteiger partial charge in [0.25, 0.3) is 0 Å². The number of methoxy groups -OCH3 is 1. The lowest BCUT2D eigenvalue weighted by molar-refractivity contribution is -0.274. The van der Waals surface area contributed by atoms with Gasteiger partial charge in [-0.15, -0.1) is 13.2 Å². The number of halogens is 3. The lowest BCUT2D eigenvalue weighted by atomic mass is 9.89. The van der Waals surface area contributed by atoms with Crippen LogP contribution < -0.4 is 20.5 Å². The molecule has 3 aliphatic rings. The van der Waals surface area contributed by atoms with Crippen molar-refractivity contribution in [2.24, 2.45) is 22.6 Å². The molecule has 12 heteroatoms. The van der Waals surface area contributed by atoms with Gasteiger partial charge in [-0.2, -0.15) is 0 Å². The Morgan fingerprint density at radius 1 is 1.33 bits per heavy atom. The first-order valence-electron chi connectivity index (χ1n) is 12.8. The summed E-state index contributed by atoms with van der Waals surface area (Å²) in [6.45, 7) is 7.61. The molecule has 0 aromatic heterocycles. The number of nitrogens with zero attached hydrogens (tertiary/aromatic N) is 2. The van der Waals surface area contributed by atoms with Crippen molar-refractivity contribution in [1.82, 2.24) is 10.2 Å². The Kier molecular flexibility index (Phi) is 7.63. The van der Waals surface area contributed by atoms with E-state index in [4.69, 9.17) is 15.2 Å². The maximum Gasteiger partial charge on any atom is 0.573 e. The lowest BCUT2D eigenvalue weighted by Gasteiger charge is -2.38. The van der Waals surface area contributed by atoms with Crippen molar-refractivity contribution in [2.75, 3.05) is 13.7 Å². The van der Waals surface area contributed by atoms with Gasteiger partial charge in [0, 0.05) is 31.1 Å². The Bertz CT molecular complexity index is 1180. The molecule has 0 saturated heterocycles. The van der Waals surface area contributed by atoms with Crippen LogP contribution in [0.2, 0.25) is 0 Å². The molecular formula is C27H35F3N4O5. The first kappa shape index (κ1) is 28.7. The number of alkyl halides is 3. The third-order valence-corrected chi connectivity index (χ3v) is 7.02. The predicted molar refractivity (Wildman–Crippen MR) is 137 cm³/mol. The van der Waals surface area contributed by atoms with Gasteiger partial charge in [-0.05, 0) is 52.2 Å². The zero-order chi connectivity index (χ0) is 28.8. The maximum absolute atomic E-state index is 13.4. The zero-order valence-electron chi connectivity index (χ0n) is 22.7. The van der Waals surface area contributed by atoms with Gasteiger partial charge >= 0.3 is 6.36 Å². The molecule has 3 N–H and O–H groups in total. The number of fused-ring (bicyclic) bond motifs is 1. The summed E-state index contributed by atoms with van der Waals surface area (Å²) in [4.78, 5) is 32.4. The van der Waals surface area contributed by atoms with Crippen LogP contribution in [-0.4, -0.2) is 59.9 Å². The summed E-state index contributed by atoms with van der Waals surface area (Å²) >= 11 is 0. The fourth-order valence-corrected chi connectivity index (χ4v) is 5.35. The molecule has 0 bridgehead atoms. The molecule has 4 atom stereocenters. The fourth-order valence-electron chi connectivity index (χ4n) is 5.35. The van der Waals surface area contributed by atoms with Crippen molar-refractivity contribution < 1.29 is 37.0 Å². The van der Waals surface area contributed by atoms with Crippen LogP contribution in [0.1, 0.15) is 58.6 Å². The second-order valence-corrected chi connectivity index (χ2v) is 11.5. The molecule has 4 rings (SSSR count). The summed E-state index contributed by atoms with van der Waals surface area (Å²) in [7, 11) is 1.56. The Morgan fingerprint density at radius 2 is 2.05 bits per heavy atom. The van der Waals surface area contributed by atoms with Gasteiger partial charge in [0.2, 0.25) is 11.8 Å². The van der Waals surface area contributed by atoms with Crippen LogP contribution in [0.4, 0.5) is 13.2 Å². The number of ether oxygens (including phenoxy) is 3. The van der Waals surface area contributed by atoms with Gasteiger partial charge in [-0.3, -0.25) is 14.5 Å². The van der Waals surface area contributed by atoms with Crippen LogP contribution in [0.3, 0.4) is 0 Å². The number of aliphatic imine (C=N–C) groups is 1. The van der Waals surface area contributed by atoms with E-state index >= 15 is 0 Å². The minimum Gasteiger partial charge on any atom is -0.487 e. The van der Waals surface area contributed by atoms with Crippen LogP contribution >= 0.6 is 0 Å². The summed E-state index contributed by atoms with van der Waals surface area (Å²) in [5.74, 6) is -1.02. The van der Waals surface area contributed by atoms with Crippen LogP contribution in [0.25, 0.3) is 0 Å². The van der Waals surface area contributed by atoms with E-state index in [2.05, 4.69) is 15.0 Å². The third kappa shape index (κ3) is 6.84. The largest absolute Gasteiger partial charge is 0.573 e. The van der Waals surface area contributed by atoms with E-state index in [1.165, 1.54) is 23.1 Å². The van der Waals surface area contributed by atoms with E-state index in [-0.39, 0.29) is 41.8 Å². The van der Waals surface area contributed by atoms with E-state index in [1.54, 1.807) is 27.0 Å². The smallest absolute Gasteiger partial charge is 0.487 e. The second-order valence-electron chi connectivity index (χ2n) is 11.5. The van der Waals surface area contributed by atoms with Crippen molar-refractivity contribution in [2.45, 2.75) is 76.5 Å². The number of hydrogen-bond donors (Lipinski definition) is 2. The SMILES string of the molecule is COC/C=C/C(C1CC1C(=O)N[C@H]1CC(C)(C)Oc2cc(OC(F)(F)F)ccc21)N1C(=O)CC(C)(C)N=C1N. The predicted octanol–water partition coefficient (Wildman–Crippen LogP) is 3.84. The van der Waals surface area contributed by atoms with Crippen molar-refractivity contribution in [3.05, 3.63) is 35.9 Å². The molecule has 9 nitrogen and oxygen atoms in total. The minimum absolute atomic E-state index is 0.117. The van der Waals surface area contributed by atoms with Gasteiger partial charge in [0.15, 0.2) is 5.96 Å². The maximum atomic E-state index is 13.4. The van der Waals surface area contributed by atoms with Gasteiger partial charge in [-0.25, -0.2) is 4.99 Å². The average molecular weight is 553 g/mol. The monoisotopic (exact) mass is 552 g/mol. The van der Waals surface area contributed by atoms with Crippen molar-refractivity contribution in [3.8, 4) is 11.5 Å². The molecule has 3 unspecified atom stereocenters. The van der Waals surface area contributed by atoms with E-state index in [0.717, 1.165) is 0 Å². The Balaban J connectivity index is 1.52. The molecule has 39 heavy (non-hydrogen) atoms. The third-order valence-electron chi connectivity index (χ3n) is 7.02. The number of guanidine groups is 1. The first-order valence-corrected chi connectivity index (χ1v) is 12.8. The minimum atomic E-state index is -4.83. The molecule has 0 radical (unpaired) electrons. The molecule has 1 aromatic rings. The summed E-state index contributed by atoms with van der Waals surface area (Å²) < 4.78 is 53.2. The molecule has 0 spiro atoms. The fraction of sp³-hybridized carbons (Fsp3) is 0.593. The molecule has 2 aliphatic heterocycles. The molecule has 214 valence electrons. The number of carbonyl (C=O) groups is 2. The van der Waals surface area contributed by atoms with E-state index in [9.17, 15) is 22.8 Å². The number of nitrogens with two attached hydrogens (primary N) is 1. The van der Waals surface area contributed by atoms with Crippen LogP contribution in [0.5, 0.6) is 11.5 Å². The number of rotatable bonds is 8. The van der Waals surface area contributed by atoms with E-state index in [1.807, 2.05) is 19.9 Å². The second kappa shape index (κ2) is 10.4. The summed E-state index contributed by atoms with van der Waals surface area (Å²) in [5.41, 5.74) is 5.43. The van der Waals surface area contributed by atoms with Crippen LogP contribution in [0, 0.1) is 11.8 Å². The molecule has 2 amide bonds. The highest BCUT2D eigenvalue weighted by Crippen LogP contribution is 2.47. The average Bonchev–Trinajstić information content (AvgIpc) is 3.55. The molecule has 1 aromatic carbocycles. The summed E-state index contributed by atoms with van der Waals surface area (Å²) in [6.07, 6.45) is -0.0723. The molecule has 1 aliphatic carbocycles. The highest BCUT2D eigenvalue weighted by atomic mass is 19.4. The first-order chi connectivity index (χ1) is 18.1. The number of benzene rings is 1. The van der Waals surface area contributed by atoms with Crippen molar-refractivity contribution >= 4 is 17.8 Å². The molecule has 1 fully saturated rings. The highest BCUT2D eigenvalue weighted by molar-refractivity contribution is 5.99. The Hall–Kier alpha value is -3.28. The number of nitrogens with one attached hydrogen (secondary N) is 1. The normalized spacial score (nSPS) is 26.4. The van der Waals surface area contributed by atoms with Gasteiger partial charge in [0.05, 0.1) is 30.7 Å². The molecule has 2 heterocycles. The Labute approximate surface area is 225 Å². The number of amides is 2. The topological polar surface area (TPSA) is 115 Å². The van der Waals surface area contributed by atoms with Crippen LogP contribution in [-0.2, 0) is 14.3 Å². The molecule has 1 saturated carbocycles. The Morgan fingerprint density at radius 3 is 2.69 bits per heavy atom. The van der Waals surface area contributed by atoms with E-state index < -0.39 is 35.3 Å². The molecular weight excluding hydrogens is 517 g/mol. The number of carbonyl (C=O) groups excluding carboxylic acids is 2. The zero-order valence-corrected chi connectivity index (χ0v) is 22.7. The number of hydrogen-bond acceptors (Lipinski definition) is 7. The quantitative estimate of drug-likeness (QED) is 0.474. The van der Waals surface area contributed by atoms with Crippen molar-refractivity contribution in [3.63, 3.8) is 0 Å². The summed E-state index contributed by atoms with van der Waals surface area (Å²) in [5, 5.41) is 3.06. The lowest BCUT2D eigenvalue weighted by Crippen LogP contribution is -2.54. The standard InChI is InChI=1S/C27H35F3N4O5/c1-25(2)14-22(35)34(24(31)33-25)20(7-6-10-37-5)17-12-18(17)23(36)32-19-13-26(3,4)39-21-11-15(8-9-16(19)21)38-27(28,29)30/h6-9,11,17-20H,10,12-14H2,1-5H3,(H2,31,33)(H,32,36)/b7-6+/t17?,18?,19-,20?/m0/s1. The highest BCUT2D eigenvalue weighted by Gasteiger charge is 2.52. The van der Waals surface area contributed by atoms with Gasteiger partial charge in [-0.1, -0.05) is 12.2 Å². The summed E-state index contributed by atoms with van der Waals surface area (Å²) in [6, 6.07) is 2.91. The van der Waals surface area contributed by atoms with Gasteiger partial charge < -0.3 is 25.3 Å².